The lowest BCUT2D eigenvalue weighted by Crippen LogP contribution is -2.29. The number of ether oxygens (including phenoxy) is 1. The van der Waals surface area contributed by atoms with E-state index >= 15 is 0 Å². The number of fused-ring (bicyclic) bond motifs is 1. The first-order valence-electron chi connectivity index (χ1n) is 12.5. The van der Waals surface area contributed by atoms with Gasteiger partial charge in [-0.25, -0.2) is 13.4 Å². The van der Waals surface area contributed by atoms with E-state index in [9.17, 15) is 13.2 Å². The first-order chi connectivity index (χ1) is 18.0. The Morgan fingerprint density at radius 2 is 1.74 bits per heavy atom. The number of nitrogens with one attached hydrogen (secondary N) is 1. The number of nitrogens with zero attached hydrogens (tertiary/aromatic N) is 4. The second kappa shape index (κ2) is 11.4. The minimum atomic E-state index is -3.24. The number of para-hydroxylation sites is 1. The second-order valence-electron chi connectivity index (χ2n) is 10.2. The molecule has 1 aliphatic heterocycles. The van der Waals surface area contributed by atoms with E-state index in [-0.39, 0.29) is 5.60 Å². The van der Waals surface area contributed by atoms with Crippen LogP contribution in [0.15, 0.2) is 66.0 Å². The highest BCUT2D eigenvalue weighted by atomic mass is 32.2. The molecule has 0 radical (unpaired) electrons. The average Bonchev–Trinajstić information content (AvgIpc) is 3.38. The maximum Gasteiger partial charge on any atom is 0.293 e. The molecule has 0 amide bonds. The molecule has 1 saturated heterocycles. The van der Waals surface area contributed by atoms with Crippen LogP contribution in [-0.2, 0) is 19.4 Å². The number of hydrogen-bond acceptors (Lipinski definition) is 8. The van der Waals surface area contributed by atoms with Gasteiger partial charge in [-0.2, -0.15) is 5.10 Å². The van der Waals surface area contributed by atoms with Crippen molar-refractivity contribution in [3.05, 3.63) is 61.1 Å². The van der Waals surface area contributed by atoms with Crippen molar-refractivity contribution in [2.75, 3.05) is 19.3 Å². The summed E-state index contributed by atoms with van der Waals surface area (Å²) in [7, 11) is -3.24. The molecule has 1 N–H and O–H groups in total. The fraction of sp³-hybridized carbons (Fsp3) is 0.357. The summed E-state index contributed by atoms with van der Waals surface area (Å²) in [5, 5.41) is 7.95. The molecule has 0 unspecified atom stereocenters. The van der Waals surface area contributed by atoms with Crippen LogP contribution in [-0.4, -0.2) is 59.6 Å². The molecule has 4 aromatic rings. The zero-order valence-corrected chi connectivity index (χ0v) is 22.9. The Morgan fingerprint density at radius 1 is 1.03 bits per heavy atom. The molecule has 0 aliphatic carbocycles. The van der Waals surface area contributed by atoms with Crippen molar-refractivity contribution in [2.45, 2.75) is 50.2 Å². The van der Waals surface area contributed by atoms with Crippen LogP contribution in [0.5, 0.6) is 0 Å². The largest absolute Gasteiger partial charge is 0.462 e. The van der Waals surface area contributed by atoms with Crippen LogP contribution in [0.2, 0.25) is 0 Å². The molecule has 1 aliphatic rings. The summed E-state index contributed by atoms with van der Waals surface area (Å²) in [5.41, 5.74) is 4.78. The normalized spacial score (nSPS) is 14.5. The number of rotatable bonds is 5. The van der Waals surface area contributed by atoms with Crippen molar-refractivity contribution in [2.24, 2.45) is 0 Å². The molecule has 0 atom stereocenters. The number of aromatic nitrogens is 4. The van der Waals surface area contributed by atoms with Gasteiger partial charge in [-0.05, 0) is 70.5 Å². The van der Waals surface area contributed by atoms with Crippen LogP contribution in [0.4, 0.5) is 0 Å². The van der Waals surface area contributed by atoms with Gasteiger partial charge in [-0.3, -0.25) is 14.5 Å². The number of sulfone groups is 1. The maximum absolute atomic E-state index is 11.8. The smallest absolute Gasteiger partial charge is 0.293 e. The summed E-state index contributed by atoms with van der Waals surface area (Å²) in [4.78, 5) is 19.4. The summed E-state index contributed by atoms with van der Waals surface area (Å²) in [6.07, 6.45) is 9.03. The fourth-order valence-corrected chi connectivity index (χ4v) is 4.80. The molecule has 1 fully saturated rings. The lowest BCUT2D eigenvalue weighted by Gasteiger charge is -2.22. The van der Waals surface area contributed by atoms with E-state index in [4.69, 9.17) is 4.98 Å². The van der Waals surface area contributed by atoms with Gasteiger partial charge in [-0.1, -0.05) is 24.3 Å². The summed E-state index contributed by atoms with van der Waals surface area (Å²) in [6.45, 7) is 7.94. The molecular weight excluding hydrogens is 502 g/mol. The number of hydrogen-bond donors (Lipinski definition) is 1. The predicted molar refractivity (Wildman–Crippen MR) is 147 cm³/mol. The number of benzene rings is 2. The van der Waals surface area contributed by atoms with Gasteiger partial charge in [0.2, 0.25) is 0 Å². The van der Waals surface area contributed by atoms with Crippen molar-refractivity contribution < 1.29 is 17.9 Å². The Morgan fingerprint density at radius 3 is 2.34 bits per heavy atom. The van der Waals surface area contributed by atoms with Crippen molar-refractivity contribution in [3.8, 4) is 22.4 Å². The summed E-state index contributed by atoms with van der Waals surface area (Å²) >= 11 is 0. The topological polar surface area (TPSA) is 116 Å². The average molecular weight is 536 g/mol. The van der Waals surface area contributed by atoms with Gasteiger partial charge in [0.15, 0.2) is 9.84 Å². The van der Waals surface area contributed by atoms with E-state index in [1.165, 1.54) is 6.26 Å². The SMILES string of the molecule is CC(C)(C)OC=O.CS(=O)(=O)c1ccc(-c2cccc3ncc(-c4cnn(C5CCNCC5)c4)nc23)cc1. The molecule has 3 heterocycles. The van der Waals surface area contributed by atoms with Gasteiger partial charge in [-0.15, -0.1) is 0 Å². The minimum Gasteiger partial charge on any atom is -0.462 e. The number of piperidine rings is 1. The highest BCUT2D eigenvalue weighted by molar-refractivity contribution is 7.90. The van der Waals surface area contributed by atoms with Crippen molar-refractivity contribution >= 4 is 27.3 Å². The van der Waals surface area contributed by atoms with Crippen molar-refractivity contribution in [3.63, 3.8) is 0 Å². The van der Waals surface area contributed by atoms with Crippen LogP contribution >= 0.6 is 0 Å². The van der Waals surface area contributed by atoms with Crippen LogP contribution in [0, 0.1) is 0 Å². The van der Waals surface area contributed by atoms with Crippen LogP contribution in [0.3, 0.4) is 0 Å². The van der Waals surface area contributed by atoms with Gasteiger partial charge >= 0.3 is 0 Å². The second-order valence-corrected chi connectivity index (χ2v) is 12.3. The maximum atomic E-state index is 11.8. The summed E-state index contributed by atoms with van der Waals surface area (Å²) < 4.78 is 30.1. The minimum absolute atomic E-state index is 0.300. The highest BCUT2D eigenvalue weighted by Crippen LogP contribution is 2.30. The van der Waals surface area contributed by atoms with Gasteiger partial charge in [0.1, 0.15) is 5.60 Å². The highest BCUT2D eigenvalue weighted by Gasteiger charge is 2.17. The molecule has 0 spiro atoms. The molecule has 2 aromatic heterocycles. The van der Waals surface area contributed by atoms with Gasteiger partial charge in [0, 0.05) is 23.6 Å². The molecule has 5 rings (SSSR count). The first kappa shape index (κ1) is 27.4. The van der Waals surface area contributed by atoms with Crippen LogP contribution in [0.25, 0.3) is 33.4 Å². The first-order valence-corrected chi connectivity index (χ1v) is 14.4. The monoisotopic (exact) mass is 535 g/mol. The molecule has 10 heteroatoms. The Balaban J connectivity index is 0.000000426. The molecule has 0 saturated carbocycles. The third-order valence-corrected chi connectivity index (χ3v) is 7.28. The van der Waals surface area contributed by atoms with Crippen LogP contribution in [0.1, 0.15) is 39.7 Å². The van der Waals surface area contributed by atoms with E-state index in [1.807, 2.05) is 62.0 Å². The van der Waals surface area contributed by atoms with E-state index in [0.29, 0.717) is 17.4 Å². The Kier molecular flexibility index (Phi) is 8.23. The fourth-order valence-electron chi connectivity index (χ4n) is 4.17. The number of carbonyl (C=O) groups is 1. The lowest BCUT2D eigenvalue weighted by molar-refractivity contribution is -0.138. The molecule has 9 nitrogen and oxygen atoms in total. The van der Waals surface area contributed by atoms with Gasteiger partial charge in [0.25, 0.3) is 6.47 Å². The van der Waals surface area contributed by atoms with Crippen molar-refractivity contribution in [1.82, 2.24) is 25.1 Å². The van der Waals surface area contributed by atoms with E-state index in [1.54, 1.807) is 18.3 Å². The van der Waals surface area contributed by atoms with E-state index in [0.717, 1.165) is 59.3 Å². The Hall–Kier alpha value is -3.63. The summed E-state index contributed by atoms with van der Waals surface area (Å²) in [5.74, 6) is 0. The molecule has 200 valence electrons. The van der Waals surface area contributed by atoms with Gasteiger partial charge in [0.05, 0.1) is 40.1 Å². The lowest BCUT2D eigenvalue weighted by atomic mass is 10.0. The Labute approximate surface area is 223 Å². The zero-order chi connectivity index (χ0) is 27.3. The molecule has 2 aromatic carbocycles. The molecule has 38 heavy (non-hydrogen) atoms. The standard InChI is InChI=1S/C23H23N5O2S.C5H10O2/c1-31(29,30)19-7-5-16(6-8-19)20-3-2-4-21-23(20)27-22(14-25-21)17-13-26-28(15-17)18-9-11-24-12-10-18;1-5(2,3)7-4-6/h2-8,13-15,18,24H,9-12H2,1H3;4H,1-3H3. The molecule has 0 bridgehead atoms. The molecular formula is C28H33N5O4S. The van der Waals surface area contributed by atoms with E-state index in [2.05, 4.69) is 26.3 Å². The number of carbonyl (C=O) groups excluding carboxylic acids is 1. The van der Waals surface area contributed by atoms with Crippen LogP contribution < -0.4 is 5.32 Å². The van der Waals surface area contributed by atoms with E-state index < -0.39 is 9.84 Å². The quantitative estimate of drug-likeness (QED) is 0.373. The summed E-state index contributed by atoms with van der Waals surface area (Å²) in [6, 6.07) is 13.1. The third-order valence-electron chi connectivity index (χ3n) is 6.15. The third kappa shape index (κ3) is 6.81. The van der Waals surface area contributed by atoms with Gasteiger partial charge < -0.3 is 10.1 Å². The predicted octanol–water partition coefficient (Wildman–Crippen LogP) is 4.45. The zero-order valence-electron chi connectivity index (χ0n) is 22.1. The Bertz CT molecular complexity index is 1500. The van der Waals surface area contributed by atoms with Crippen molar-refractivity contribution in [1.29, 1.82) is 0 Å².